The zero-order valence-corrected chi connectivity index (χ0v) is 13.2. The Morgan fingerprint density at radius 3 is 2.83 bits per heavy atom. The zero-order chi connectivity index (χ0) is 17.6. The molecule has 0 saturated heterocycles. The minimum atomic E-state index is -4.43. The van der Waals surface area contributed by atoms with E-state index < -0.39 is 11.7 Å². The summed E-state index contributed by atoms with van der Waals surface area (Å²) in [6.07, 6.45) is -2.10. The van der Waals surface area contributed by atoms with Crippen LogP contribution in [0.5, 0.6) is 0 Å². The van der Waals surface area contributed by atoms with Crippen LogP contribution in [0.3, 0.4) is 0 Å². The fourth-order valence-corrected chi connectivity index (χ4v) is 2.02. The standard InChI is InChI=1S/C16H18F3N3O2/c1-2-3-9-20-13(23)7-8-14-21-15(22-24-14)11-5-4-6-12(10-11)16(17,18)19/h4-6,10H,2-3,7-9H2,1H3,(H,20,23). The molecule has 0 aliphatic rings. The van der Waals surface area contributed by atoms with Gasteiger partial charge in [0.15, 0.2) is 0 Å². The van der Waals surface area contributed by atoms with Crippen LogP contribution in [0.1, 0.15) is 37.6 Å². The maximum Gasteiger partial charge on any atom is 0.416 e. The molecule has 0 spiro atoms. The summed E-state index contributed by atoms with van der Waals surface area (Å²) in [5.41, 5.74) is -0.561. The van der Waals surface area contributed by atoms with Crippen LogP contribution in [0, 0.1) is 0 Å². The first-order chi connectivity index (χ1) is 11.4. The van der Waals surface area contributed by atoms with Crippen molar-refractivity contribution in [3.8, 4) is 11.4 Å². The largest absolute Gasteiger partial charge is 0.416 e. The summed E-state index contributed by atoms with van der Waals surface area (Å²) in [6.45, 7) is 2.65. The van der Waals surface area contributed by atoms with E-state index in [1.165, 1.54) is 12.1 Å². The van der Waals surface area contributed by atoms with Gasteiger partial charge in [0.25, 0.3) is 0 Å². The van der Waals surface area contributed by atoms with Gasteiger partial charge >= 0.3 is 6.18 Å². The first kappa shape index (κ1) is 18.0. The molecule has 130 valence electrons. The minimum Gasteiger partial charge on any atom is -0.356 e. The molecule has 0 bridgehead atoms. The van der Waals surface area contributed by atoms with Gasteiger partial charge in [-0.15, -0.1) is 0 Å². The number of rotatable bonds is 7. The van der Waals surface area contributed by atoms with E-state index in [9.17, 15) is 18.0 Å². The Hall–Kier alpha value is -2.38. The molecule has 24 heavy (non-hydrogen) atoms. The molecule has 0 fully saturated rings. The lowest BCUT2D eigenvalue weighted by Crippen LogP contribution is -2.24. The molecule has 1 aromatic heterocycles. The molecular formula is C16H18F3N3O2. The topological polar surface area (TPSA) is 68.0 Å². The van der Waals surface area contributed by atoms with Gasteiger partial charge in [-0.1, -0.05) is 30.6 Å². The third-order valence-corrected chi connectivity index (χ3v) is 3.33. The Morgan fingerprint density at radius 2 is 2.12 bits per heavy atom. The number of nitrogens with one attached hydrogen (secondary N) is 1. The maximum absolute atomic E-state index is 12.7. The lowest BCUT2D eigenvalue weighted by Gasteiger charge is -2.06. The second-order valence-electron chi connectivity index (χ2n) is 5.29. The number of aromatic nitrogens is 2. The van der Waals surface area contributed by atoms with Gasteiger partial charge in [0.1, 0.15) is 0 Å². The number of hydrogen-bond donors (Lipinski definition) is 1. The van der Waals surface area contributed by atoms with Crippen molar-refractivity contribution in [1.29, 1.82) is 0 Å². The van der Waals surface area contributed by atoms with Crippen LogP contribution in [0.25, 0.3) is 11.4 Å². The minimum absolute atomic E-state index is 0.0718. The fourth-order valence-electron chi connectivity index (χ4n) is 2.02. The first-order valence-electron chi connectivity index (χ1n) is 7.67. The van der Waals surface area contributed by atoms with Crippen molar-refractivity contribution in [2.75, 3.05) is 6.54 Å². The zero-order valence-electron chi connectivity index (χ0n) is 13.2. The van der Waals surface area contributed by atoms with Crippen LogP contribution >= 0.6 is 0 Å². The van der Waals surface area contributed by atoms with Gasteiger partial charge < -0.3 is 9.84 Å². The van der Waals surface area contributed by atoms with Crippen molar-refractivity contribution in [1.82, 2.24) is 15.5 Å². The highest BCUT2D eigenvalue weighted by molar-refractivity contribution is 5.75. The van der Waals surface area contributed by atoms with Gasteiger partial charge in [-0.05, 0) is 18.6 Å². The van der Waals surface area contributed by atoms with Crippen molar-refractivity contribution >= 4 is 5.91 Å². The number of hydrogen-bond acceptors (Lipinski definition) is 4. The fraction of sp³-hybridized carbons (Fsp3) is 0.438. The molecule has 1 N–H and O–H groups in total. The highest BCUT2D eigenvalue weighted by Crippen LogP contribution is 2.31. The number of benzene rings is 1. The van der Waals surface area contributed by atoms with Crippen molar-refractivity contribution in [2.45, 2.75) is 38.8 Å². The molecule has 2 rings (SSSR count). The summed E-state index contributed by atoms with van der Waals surface area (Å²) < 4.78 is 43.1. The van der Waals surface area contributed by atoms with Gasteiger partial charge in [-0.2, -0.15) is 18.2 Å². The molecular weight excluding hydrogens is 323 g/mol. The number of unbranched alkanes of at least 4 members (excludes halogenated alkanes) is 1. The molecule has 0 saturated carbocycles. The molecule has 0 unspecified atom stereocenters. The van der Waals surface area contributed by atoms with Crippen LogP contribution in [0.15, 0.2) is 28.8 Å². The van der Waals surface area contributed by atoms with E-state index in [1.54, 1.807) is 0 Å². The Morgan fingerprint density at radius 1 is 1.33 bits per heavy atom. The molecule has 8 heteroatoms. The average Bonchev–Trinajstić information content (AvgIpc) is 3.01. The van der Waals surface area contributed by atoms with Crippen molar-refractivity contribution in [3.63, 3.8) is 0 Å². The van der Waals surface area contributed by atoms with Gasteiger partial charge in [-0.3, -0.25) is 4.79 Å². The summed E-state index contributed by atoms with van der Waals surface area (Å²) in [5, 5.41) is 6.44. The van der Waals surface area contributed by atoms with E-state index in [0.29, 0.717) is 6.54 Å². The van der Waals surface area contributed by atoms with Crippen molar-refractivity contribution in [3.05, 3.63) is 35.7 Å². The number of halogens is 3. The van der Waals surface area contributed by atoms with E-state index in [1.807, 2.05) is 6.92 Å². The number of aryl methyl sites for hydroxylation is 1. The Bertz CT molecular complexity index is 683. The highest BCUT2D eigenvalue weighted by Gasteiger charge is 2.30. The molecule has 1 amide bonds. The van der Waals surface area contributed by atoms with Gasteiger partial charge in [0, 0.05) is 24.9 Å². The monoisotopic (exact) mass is 341 g/mol. The Labute approximate surface area is 137 Å². The molecule has 0 aliphatic heterocycles. The van der Waals surface area contributed by atoms with Crippen molar-refractivity contribution < 1.29 is 22.5 Å². The second kappa shape index (κ2) is 7.94. The summed E-state index contributed by atoms with van der Waals surface area (Å²) in [5.74, 6) is 0.165. The van der Waals surface area contributed by atoms with Crippen LogP contribution in [0.2, 0.25) is 0 Å². The van der Waals surface area contributed by atoms with E-state index in [-0.39, 0.29) is 36.0 Å². The molecule has 0 atom stereocenters. The third-order valence-electron chi connectivity index (χ3n) is 3.33. The summed E-state index contributed by atoms with van der Waals surface area (Å²) in [4.78, 5) is 15.6. The number of carbonyl (C=O) groups is 1. The molecule has 0 radical (unpaired) electrons. The Kier molecular flexibility index (Phi) is 5.94. The smallest absolute Gasteiger partial charge is 0.356 e. The predicted molar refractivity (Wildman–Crippen MR) is 81.0 cm³/mol. The second-order valence-corrected chi connectivity index (χ2v) is 5.29. The third kappa shape index (κ3) is 5.07. The van der Waals surface area contributed by atoms with E-state index >= 15 is 0 Å². The summed E-state index contributed by atoms with van der Waals surface area (Å²) >= 11 is 0. The maximum atomic E-state index is 12.7. The molecule has 2 aromatic rings. The van der Waals surface area contributed by atoms with Gasteiger partial charge in [0.05, 0.1) is 5.56 Å². The average molecular weight is 341 g/mol. The van der Waals surface area contributed by atoms with Crippen LogP contribution in [-0.2, 0) is 17.4 Å². The molecule has 5 nitrogen and oxygen atoms in total. The van der Waals surface area contributed by atoms with Gasteiger partial charge in [-0.25, -0.2) is 0 Å². The van der Waals surface area contributed by atoms with Gasteiger partial charge in [0.2, 0.25) is 17.6 Å². The molecule has 1 aromatic carbocycles. The summed E-state index contributed by atoms with van der Waals surface area (Å²) in [6, 6.07) is 4.70. The predicted octanol–water partition coefficient (Wildman–Crippen LogP) is 3.60. The quantitative estimate of drug-likeness (QED) is 0.781. The highest BCUT2D eigenvalue weighted by atomic mass is 19.4. The lowest BCUT2D eigenvalue weighted by atomic mass is 10.1. The first-order valence-corrected chi connectivity index (χ1v) is 7.67. The van der Waals surface area contributed by atoms with E-state index in [2.05, 4.69) is 15.5 Å². The molecule has 1 heterocycles. The molecule has 0 aliphatic carbocycles. The summed E-state index contributed by atoms with van der Waals surface area (Å²) in [7, 11) is 0. The van der Waals surface area contributed by atoms with Crippen molar-refractivity contribution in [2.24, 2.45) is 0 Å². The number of carbonyl (C=O) groups excluding carboxylic acids is 1. The normalized spacial score (nSPS) is 11.5. The van der Waals surface area contributed by atoms with Crippen LogP contribution in [-0.4, -0.2) is 22.6 Å². The van der Waals surface area contributed by atoms with E-state index in [0.717, 1.165) is 25.0 Å². The SMILES string of the molecule is CCCCNC(=O)CCc1nc(-c2cccc(C(F)(F)F)c2)no1. The number of amides is 1. The van der Waals surface area contributed by atoms with Crippen LogP contribution < -0.4 is 5.32 Å². The van der Waals surface area contributed by atoms with Crippen LogP contribution in [0.4, 0.5) is 13.2 Å². The number of alkyl halides is 3. The number of nitrogens with zero attached hydrogens (tertiary/aromatic N) is 2. The lowest BCUT2D eigenvalue weighted by molar-refractivity contribution is -0.137. The Balaban J connectivity index is 1.97. The van der Waals surface area contributed by atoms with E-state index in [4.69, 9.17) is 4.52 Å².